The summed E-state index contributed by atoms with van der Waals surface area (Å²) in [5.74, 6) is -1.78. The van der Waals surface area contributed by atoms with E-state index in [1.165, 1.54) is 37.3 Å². The maximum absolute atomic E-state index is 12.7. The molecule has 0 bridgehead atoms. The fraction of sp³-hybridized carbons (Fsp3) is 0.300. The van der Waals surface area contributed by atoms with E-state index in [4.69, 9.17) is 14.6 Å². The number of phenolic OH excluding ortho intramolecular Hbond substituents is 1. The van der Waals surface area contributed by atoms with Crippen LogP contribution in [0.25, 0.3) is 0 Å². The minimum Gasteiger partial charge on any atom is -0.508 e. The molecule has 3 rings (SSSR count). The maximum atomic E-state index is 12.7. The summed E-state index contributed by atoms with van der Waals surface area (Å²) in [7, 11) is -3.57. The molecule has 224 valence electrons. The van der Waals surface area contributed by atoms with Crippen LogP contribution >= 0.6 is 0 Å². The van der Waals surface area contributed by atoms with Crippen molar-refractivity contribution in [2.45, 2.75) is 37.0 Å². The Balaban J connectivity index is 1.63. The number of benzene rings is 3. The second-order valence-electron chi connectivity index (χ2n) is 9.62. The van der Waals surface area contributed by atoms with Crippen molar-refractivity contribution in [2.24, 2.45) is 0 Å². The number of aliphatic hydroxyl groups is 1. The number of aryl methyl sites for hydroxylation is 1. The predicted octanol–water partition coefficient (Wildman–Crippen LogP) is 3.33. The van der Waals surface area contributed by atoms with Crippen LogP contribution in [0.15, 0.2) is 71.6 Å². The monoisotopic (exact) mass is 599 g/mol. The summed E-state index contributed by atoms with van der Waals surface area (Å²) in [4.78, 5) is 35.2. The van der Waals surface area contributed by atoms with Crippen LogP contribution in [0.4, 0.5) is 5.69 Å². The number of rotatable bonds is 16. The Kier molecular flexibility index (Phi) is 11.5. The maximum Gasteiger partial charge on any atom is 0.341 e. The van der Waals surface area contributed by atoms with Gasteiger partial charge in [-0.1, -0.05) is 18.2 Å². The highest BCUT2D eigenvalue weighted by molar-refractivity contribution is 7.91. The number of carbonyl (C=O) groups excluding carboxylic acids is 2. The van der Waals surface area contributed by atoms with Crippen LogP contribution in [0, 0.1) is 0 Å². The van der Waals surface area contributed by atoms with Gasteiger partial charge in [-0.15, -0.1) is 0 Å². The summed E-state index contributed by atoms with van der Waals surface area (Å²) in [5.41, 5.74) is 1.65. The molecule has 0 fully saturated rings. The SMILES string of the molecule is CC(=O)CC(CO)c1ccc(OCC(=O)Nc2cc(CCCS(=O)(=O)c3ccc(O)cc3)ccc2OCC(=O)O)cc1. The molecule has 12 heteroatoms. The molecule has 0 heterocycles. The second-order valence-corrected chi connectivity index (χ2v) is 11.7. The number of sulfone groups is 1. The minimum atomic E-state index is -3.57. The van der Waals surface area contributed by atoms with Crippen LogP contribution in [0.1, 0.15) is 36.8 Å². The molecule has 11 nitrogen and oxygen atoms in total. The fourth-order valence-electron chi connectivity index (χ4n) is 4.14. The van der Waals surface area contributed by atoms with Crippen LogP contribution in [-0.4, -0.2) is 67.0 Å². The Bertz CT molecular complexity index is 1490. The Labute approximate surface area is 243 Å². The van der Waals surface area contributed by atoms with Crippen molar-refractivity contribution in [3.05, 3.63) is 77.9 Å². The van der Waals surface area contributed by atoms with Gasteiger partial charge < -0.3 is 34.9 Å². The average molecular weight is 600 g/mol. The van der Waals surface area contributed by atoms with Crippen LogP contribution in [-0.2, 0) is 30.6 Å². The van der Waals surface area contributed by atoms with Crippen molar-refractivity contribution in [3.8, 4) is 17.2 Å². The van der Waals surface area contributed by atoms with Gasteiger partial charge in [0.2, 0.25) is 0 Å². The zero-order valence-corrected chi connectivity index (χ0v) is 23.8. The van der Waals surface area contributed by atoms with Gasteiger partial charge in [0.15, 0.2) is 23.1 Å². The number of anilines is 1. The molecule has 1 amide bonds. The normalized spacial score (nSPS) is 11.9. The minimum absolute atomic E-state index is 0.0330. The number of hydrogen-bond donors (Lipinski definition) is 4. The number of Topliss-reactive ketones (excluding diaryl/α,β-unsaturated/α-hetero) is 1. The summed E-state index contributed by atoms with van der Waals surface area (Å²) in [6, 6.07) is 16.7. The first kappa shape index (κ1) is 32.1. The molecule has 0 aliphatic rings. The number of carboxylic acid groups (broad SMARTS) is 1. The number of ether oxygens (including phenoxy) is 2. The highest BCUT2D eigenvalue weighted by Crippen LogP contribution is 2.27. The summed E-state index contributed by atoms with van der Waals surface area (Å²) >= 11 is 0. The van der Waals surface area contributed by atoms with E-state index in [0.29, 0.717) is 17.7 Å². The Morgan fingerprint density at radius 1 is 0.929 bits per heavy atom. The van der Waals surface area contributed by atoms with Gasteiger partial charge in [-0.2, -0.15) is 0 Å². The molecule has 0 saturated carbocycles. The molecule has 0 spiro atoms. The molecule has 0 aliphatic carbocycles. The molecule has 3 aromatic carbocycles. The van der Waals surface area contributed by atoms with E-state index < -0.39 is 28.3 Å². The Hall–Kier alpha value is -4.42. The Morgan fingerprint density at radius 3 is 2.24 bits per heavy atom. The lowest BCUT2D eigenvalue weighted by atomic mass is 9.95. The molecule has 42 heavy (non-hydrogen) atoms. The van der Waals surface area contributed by atoms with E-state index in [1.54, 1.807) is 36.4 Å². The number of hydrogen-bond acceptors (Lipinski definition) is 9. The zero-order valence-electron chi connectivity index (χ0n) is 23.0. The number of carboxylic acids is 1. The number of ketones is 1. The van der Waals surface area contributed by atoms with Gasteiger partial charge >= 0.3 is 5.97 Å². The molecule has 4 N–H and O–H groups in total. The van der Waals surface area contributed by atoms with Gasteiger partial charge in [-0.05, 0) is 79.4 Å². The lowest BCUT2D eigenvalue weighted by Gasteiger charge is -2.15. The summed E-state index contributed by atoms with van der Waals surface area (Å²) in [6.45, 7) is 0.274. The van der Waals surface area contributed by atoms with E-state index >= 15 is 0 Å². The first-order valence-electron chi connectivity index (χ1n) is 13.1. The van der Waals surface area contributed by atoms with E-state index in [0.717, 1.165) is 5.56 Å². The van der Waals surface area contributed by atoms with Gasteiger partial charge in [0.25, 0.3) is 5.91 Å². The van der Waals surface area contributed by atoms with Crippen LogP contribution < -0.4 is 14.8 Å². The molecular formula is C30H33NO10S. The van der Waals surface area contributed by atoms with Crippen LogP contribution in [0.3, 0.4) is 0 Å². The van der Waals surface area contributed by atoms with Crippen molar-refractivity contribution >= 4 is 33.2 Å². The first-order chi connectivity index (χ1) is 20.0. The standard InChI is InChI=1S/C30H33NO10S/c1-20(33)15-23(17-32)22-5-9-25(10-6-22)40-18-29(35)31-27-16-21(4-13-28(27)41-19-30(36)37)3-2-14-42(38,39)26-11-7-24(34)8-12-26/h4-13,16,23,32,34H,2-3,14-15,17-19H2,1H3,(H,31,35)(H,36,37). The summed E-state index contributed by atoms with van der Waals surface area (Å²) in [6.07, 6.45) is 0.827. The second kappa shape index (κ2) is 15.0. The highest BCUT2D eigenvalue weighted by atomic mass is 32.2. The van der Waals surface area contributed by atoms with Gasteiger partial charge in [-0.25, -0.2) is 13.2 Å². The van der Waals surface area contributed by atoms with Crippen molar-refractivity contribution in [2.75, 3.05) is 30.9 Å². The van der Waals surface area contributed by atoms with Gasteiger partial charge in [0.1, 0.15) is 23.0 Å². The smallest absolute Gasteiger partial charge is 0.341 e. The molecule has 3 aromatic rings. The van der Waals surface area contributed by atoms with Crippen molar-refractivity contribution in [1.29, 1.82) is 0 Å². The number of nitrogens with one attached hydrogen (secondary N) is 1. The van der Waals surface area contributed by atoms with Crippen molar-refractivity contribution in [3.63, 3.8) is 0 Å². The third-order valence-electron chi connectivity index (χ3n) is 6.22. The number of amides is 1. The molecule has 1 unspecified atom stereocenters. The third kappa shape index (κ3) is 9.89. The molecule has 0 aromatic heterocycles. The van der Waals surface area contributed by atoms with E-state index in [1.807, 2.05) is 0 Å². The predicted molar refractivity (Wildman–Crippen MR) is 154 cm³/mol. The Morgan fingerprint density at radius 2 is 1.62 bits per heavy atom. The van der Waals surface area contributed by atoms with E-state index in [2.05, 4.69) is 5.32 Å². The van der Waals surface area contributed by atoms with Crippen LogP contribution in [0.5, 0.6) is 17.2 Å². The average Bonchev–Trinajstić information content (AvgIpc) is 2.94. The highest BCUT2D eigenvalue weighted by Gasteiger charge is 2.16. The summed E-state index contributed by atoms with van der Waals surface area (Å²) < 4.78 is 36.0. The third-order valence-corrected chi connectivity index (χ3v) is 8.04. The first-order valence-corrected chi connectivity index (χ1v) is 14.7. The largest absolute Gasteiger partial charge is 0.508 e. The van der Waals surface area contributed by atoms with Crippen molar-refractivity contribution < 1.29 is 47.6 Å². The van der Waals surface area contributed by atoms with Crippen molar-refractivity contribution in [1.82, 2.24) is 0 Å². The lowest BCUT2D eigenvalue weighted by Crippen LogP contribution is -2.21. The molecule has 0 saturated heterocycles. The molecule has 0 aliphatic heterocycles. The van der Waals surface area contributed by atoms with Gasteiger partial charge in [0, 0.05) is 12.3 Å². The quantitative estimate of drug-likeness (QED) is 0.191. The van der Waals surface area contributed by atoms with Gasteiger partial charge in [0.05, 0.1) is 22.9 Å². The fourth-order valence-corrected chi connectivity index (χ4v) is 5.45. The number of phenols is 1. The molecule has 0 radical (unpaired) electrons. The van der Waals surface area contributed by atoms with E-state index in [9.17, 15) is 33.0 Å². The topological polar surface area (TPSA) is 177 Å². The number of aromatic hydroxyl groups is 1. The van der Waals surface area contributed by atoms with E-state index in [-0.39, 0.29) is 65.6 Å². The number of carbonyl (C=O) groups is 3. The zero-order chi connectivity index (χ0) is 30.7. The molecular weight excluding hydrogens is 566 g/mol. The molecule has 1 atom stereocenters. The number of aliphatic hydroxyl groups excluding tert-OH is 1. The van der Waals surface area contributed by atoms with Crippen LogP contribution in [0.2, 0.25) is 0 Å². The summed E-state index contributed by atoms with van der Waals surface area (Å²) in [5, 5.41) is 30.6. The lowest BCUT2D eigenvalue weighted by molar-refractivity contribution is -0.139. The number of aliphatic carboxylic acids is 1. The van der Waals surface area contributed by atoms with Gasteiger partial charge in [-0.3, -0.25) is 4.79 Å².